The highest BCUT2D eigenvalue weighted by molar-refractivity contribution is 5.82. The van der Waals surface area contributed by atoms with Crippen LogP contribution < -0.4 is 0 Å². The molecule has 6 nitrogen and oxygen atoms in total. The molecule has 0 N–H and O–H groups in total. The minimum absolute atomic E-state index is 0.322. The molecule has 0 bridgehead atoms. The Balaban J connectivity index is 2.27. The van der Waals surface area contributed by atoms with Crippen molar-refractivity contribution in [3.8, 4) is 34.7 Å². The summed E-state index contributed by atoms with van der Waals surface area (Å²) in [5, 5.41) is 18.4. The fraction of sp³-hybridized carbons (Fsp3) is 0. The van der Waals surface area contributed by atoms with Gasteiger partial charge in [-0.2, -0.15) is 10.5 Å². The summed E-state index contributed by atoms with van der Waals surface area (Å²) in [6.07, 6.45) is 3.03. The van der Waals surface area contributed by atoms with E-state index in [0.717, 1.165) is 0 Å². The Bertz CT molecular complexity index is 1020. The van der Waals surface area contributed by atoms with E-state index < -0.39 is 0 Å². The van der Waals surface area contributed by atoms with Gasteiger partial charge in [-0.3, -0.25) is 9.97 Å². The van der Waals surface area contributed by atoms with Crippen LogP contribution in [0.4, 0.5) is 11.4 Å². The van der Waals surface area contributed by atoms with Crippen LogP contribution in [0.25, 0.3) is 32.2 Å². The third-order valence-electron chi connectivity index (χ3n) is 3.60. The summed E-state index contributed by atoms with van der Waals surface area (Å²) < 4.78 is 0. The lowest BCUT2D eigenvalue weighted by atomic mass is 10.00. The van der Waals surface area contributed by atoms with Crippen molar-refractivity contribution in [2.75, 3.05) is 0 Å². The molecule has 118 valence electrons. The van der Waals surface area contributed by atoms with Crippen LogP contribution >= 0.6 is 0 Å². The van der Waals surface area contributed by atoms with Gasteiger partial charge >= 0.3 is 0 Å². The third-order valence-corrected chi connectivity index (χ3v) is 3.60. The van der Waals surface area contributed by atoms with Crippen molar-refractivity contribution in [2.45, 2.75) is 0 Å². The summed E-state index contributed by atoms with van der Waals surface area (Å²) in [6.45, 7) is 14.4. The largest absolute Gasteiger partial charge is 0.252 e. The van der Waals surface area contributed by atoms with Crippen molar-refractivity contribution in [2.24, 2.45) is 0 Å². The molecule has 6 heteroatoms. The van der Waals surface area contributed by atoms with E-state index in [-0.39, 0.29) is 0 Å². The van der Waals surface area contributed by atoms with Gasteiger partial charge in [0, 0.05) is 23.5 Å². The zero-order valence-electron chi connectivity index (χ0n) is 13.3. The summed E-state index contributed by atoms with van der Waals surface area (Å²) in [7, 11) is 0. The van der Waals surface area contributed by atoms with E-state index in [1.165, 1.54) is 24.5 Å². The van der Waals surface area contributed by atoms with Crippen LogP contribution in [0.2, 0.25) is 0 Å². The van der Waals surface area contributed by atoms with E-state index in [2.05, 4.69) is 19.7 Å². The van der Waals surface area contributed by atoms with Crippen LogP contribution in [0.1, 0.15) is 11.1 Å². The van der Waals surface area contributed by atoms with Gasteiger partial charge in [-0.25, -0.2) is 9.69 Å². The average molecular weight is 332 g/mol. The summed E-state index contributed by atoms with van der Waals surface area (Å²) in [5.41, 5.74) is 3.43. The molecule has 0 radical (unpaired) electrons. The number of hydrogen-bond acceptors (Lipinski definition) is 4. The molecule has 3 rings (SSSR count). The second-order valence-corrected chi connectivity index (χ2v) is 5.24. The minimum atomic E-state index is 0.322. The molecule has 2 aromatic carbocycles. The van der Waals surface area contributed by atoms with E-state index in [1.54, 1.807) is 24.3 Å². The van der Waals surface area contributed by atoms with Gasteiger partial charge < -0.3 is 0 Å². The predicted octanol–water partition coefficient (Wildman–Crippen LogP) is 4.66. The fourth-order valence-corrected chi connectivity index (χ4v) is 2.51. The predicted molar refractivity (Wildman–Crippen MR) is 94.9 cm³/mol. The van der Waals surface area contributed by atoms with Gasteiger partial charge in [0.15, 0.2) is 11.4 Å². The number of nitriles is 2. The normalized spacial score (nSPS) is 9.38. The number of hydrogen-bond donors (Lipinski definition) is 0. The Morgan fingerprint density at radius 1 is 0.692 bits per heavy atom. The molecule has 0 atom stereocenters. The van der Waals surface area contributed by atoms with Crippen LogP contribution in [0.5, 0.6) is 0 Å². The van der Waals surface area contributed by atoms with Crippen LogP contribution in [-0.4, -0.2) is 9.97 Å². The van der Waals surface area contributed by atoms with E-state index >= 15 is 0 Å². The topological polar surface area (TPSA) is 82.1 Å². The van der Waals surface area contributed by atoms with Gasteiger partial charge in [-0.1, -0.05) is 0 Å². The van der Waals surface area contributed by atoms with Gasteiger partial charge in [-0.15, -0.1) is 0 Å². The summed E-state index contributed by atoms with van der Waals surface area (Å²) in [5.74, 6) is 0. The first kappa shape index (κ1) is 16.3. The monoisotopic (exact) mass is 332 g/mol. The Hall–Kier alpha value is -4.52. The first-order valence-electron chi connectivity index (χ1n) is 7.35. The molecule has 0 aliphatic rings. The highest BCUT2D eigenvalue weighted by Gasteiger charge is 2.13. The molecule has 0 amide bonds. The average Bonchev–Trinajstić information content (AvgIpc) is 2.72. The van der Waals surface area contributed by atoms with Gasteiger partial charge in [0.05, 0.1) is 36.7 Å². The zero-order valence-corrected chi connectivity index (χ0v) is 13.3. The molecule has 0 unspecified atom stereocenters. The van der Waals surface area contributed by atoms with Crippen LogP contribution in [0.3, 0.4) is 0 Å². The lowest BCUT2D eigenvalue weighted by molar-refractivity contribution is 1.21. The highest BCUT2D eigenvalue weighted by atomic mass is 14.8. The molecular weight excluding hydrogens is 324 g/mol. The van der Waals surface area contributed by atoms with Crippen LogP contribution in [0, 0.1) is 35.8 Å². The standard InChI is InChI=1S/C20H8N6/c1-23-17-7-13(11-21)5-15(9-17)19-20(26-4-3-25-19)16-6-14(12-22)8-18(10-16)24-2/h3-10H. The SMILES string of the molecule is [C-]#[N+]c1cc(C#N)cc(-c2nccnc2-c2cc(C#N)cc([N+]#[C-])c2)c1. The highest BCUT2D eigenvalue weighted by Crippen LogP contribution is 2.33. The Labute approximate surface area is 149 Å². The number of nitrogens with zero attached hydrogens (tertiary/aromatic N) is 6. The van der Waals surface area contributed by atoms with Crippen LogP contribution in [-0.2, 0) is 0 Å². The van der Waals surface area contributed by atoms with Gasteiger partial charge in [-0.05, 0) is 47.5 Å². The lowest BCUT2D eigenvalue weighted by Crippen LogP contribution is -1.93. The second-order valence-electron chi connectivity index (χ2n) is 5.24. The van der Waals surface area contributed by atoms with E-state index in [1.807, 2.05) is 12.1 Å². The molecule has 1 heterocycles. The summed E-state index contributed by atoms with van der Waals surface area (Å²) in [4.78, 5) is 15.5. The molecule has 3 aromatic rings. The van der Waals surface area contributed by atoms with Gasteiger partial charge in [0.2, 0.25) is 0 Å². The summed E-state index contributed by atoms with van der Waals surface area (Å²) in [6, 6.07) is 13.6. The van der Waals surface area contributed by atoms with E-state index in [9.17, 15) is 10.5 Å². The molecule has 0 saturated heterocycles. The number of rotatable bonds is 2. The summed E-state index contributed by atoms with van der Waals surface area (Å²) >= 11 is 0. The smallest absolute Gasteiger partial charge is 0.189 e. The van der Waals surface area contributed by atoms with Crippen molar-refractivity contribution in [3.05, 3.63) is 82.8 Å². The molecule has 1 aromatic heterocycles. The molecular formula is C20H8N6. The van der Waals surface area contributed by atoms with Crippen LogP contribution in [0.15, 0.2) is 48.8 Å². The molecule has 0 spiro atoms. The molecule has 0 fully saturated rings. The van der Waals surface area contributed by atoms with Crippen molar-refractivity contribution in [3.63, 3.8) is 0 Å². The van der Waals surface area contributed by atoms with Gasteiger partial charge in [0.1, 0.15) is 0 Å². The lowest BCUT2D eigenvalue weighted by Gasteiger charge is -2.09. The van der Waals surface area contributed by atoms with Gasteiger partial charge in [0.25, 0.3) is 0 Å². The molecule has 0 saturated carbocycles. The second kappa shape index (κ2) is 6.93. The Kier molecular flexibility index (Phi) is 4.36. The molecule has 0 aliphatic heterocycles. The first-order chi connectivity index (χ1) is 12.7. The van der Waals surface area contributed by atoms with Crippen molar-refractivity contribution in [1.29, 1.82) is 10.5 Å². The third kappa shape index (κ3) is 3.08. The van der Waals surface area contributed by atoms with E-state index in [0.29, 0.717) is 45.0 Å². The maximum Gasteiger partial charge on any atom is 0.189 e. The first-order valence-corrected chi connectivity index (χ1v) is 7.35. The fourth-order valence-electron chi connectivity index (χ4n) is 2.51. The van der Waals surface area contributed by atoms with Crippen molar-refractivity contribution < 1.29 is 0 Å². The van der Waals surface area contributed by atoms with Crippen molar-refractivity contribution >= 4 is 11.4 Å². The maximum absolute atomic E-state index is 9.19. The maximum atomic E-state index is 9.19. The van der Waals surface area contributed by atoms with Crippen molar-refractivity contribution in [1.82, 2.24) is 9.97 Å². The molecule has 0 aliphatic carbocycles. The number of benzene rings is 2. The minimum Gasteiger partial charge on any atom is -0.252 e. The zero-order chi connectivity index (χ0) is 18.5. The Morgan fingerprint density at radius 2 is 1.12 bits per heavy atom. The quantitative estimate of drug-likeness (QED) is 0.639. The van der Waals surface area contributed by atoms with E-state index in [4.69, 9.17) is 13.1 Å². The Morgan fingerprint density at radius 3 is 1.46 bits per heavy atom. The molecule has 26 heavy (non-hydrogen) atoms. The number of aromatic nitrogens is 2.